The molecule has 0 N–H and O–H groups in total. The average molecular weight is 501 g/mol. The average Bonchev–Trinajstić information content (AvgIpc) is 3.60. The van der Waals surface area contributed by atoms with E-state index in [0.717, 1.165) is 56.6 Å². The number of nitrogens with zero attached hydrogens (tertiary/aromatic N) is 4. The van der Waals surface area contributed by atoms with Crippen LogP contribution in [0.5, 0.6) is 0 Å². The van der Waals surface area contributed by atoms with Crippen molar-refractivity contribution in [3.8, 4) is 0 Å². The highest BCUT2D eigenvalue weighted by molar-refractivity contribution is 5.99. The largest absolute Gasteiger partial charge is 0.370 e. The number of piperidine rings is 2. The molecule has 2 aromatic rings. The van der Waals surface area contributed by atoms with Crippen molar-refractivity contribution >= 4 is 23.2 Å². The van der Waals surface area contributed by atoms with Crippen molar-refractivity contribution < 1.29 is 9.59 Å². The first-order chi connectivity index (χ1) is 18.0. The third-order valence-corrected chi connectivity index (χ3v) is 9.53. The highest BCUT2D eigenvalue weighted by Gasteiger charge is 2.46. The molecule has 6 rings (SSSR count). The number of hydrogen-bond donors (Lipinski definition) is 0. The Kier molecular flexibility index (Phi) is 6.70. The number of amides is 2. The first kappa shape index (κ1) is 24.5. The van der Waals surface area contributed by atoms with Gasteiger partial charge in [-0.3, -0.25) is 14.5 Å². The lowest BCUT2D eigenvalue weighted by Crippen LogP contribution is -2.54. The van der Waals surface area contributed by atoms with Gasteiger partial charge in [-0.2, -0.15) is 0 Å². The molecule has 0 aromatic heterocycles. The predicted molar refractivity (Wildman–Crippen MR) is 148 cm³/mol. The first-order valence-electron chi connectivity index (χ1n) is 14.3. The molecule has 2 atom stereocenters. The van der Waals surface area contributed by atoms with Crippen LogP contribution in [0.15, 0.2) is 54.6 Å². The van der Waals surface area contributed by atoms with Gasteiger partial charge < -0.3 is 14.7 Å². The van der Waals surface area contributed by atoms with Crippen molar-refractivity contribution in [1.29, 1.82) is 0 Å². The Morgan fingerprint density at radius 1 is 0.811 bits per heavy atom. The van der Waals surface area contributed by atoms with Gasteiger partial charge >= 0.3 is 0 Å². The van der Waals surface area contributed by atoms with Crippen LogP contribution in [0.3, 0.4) is 0 Å². The summed E-state index contributed by atoms with van der Waals surface area (Å²) in [5.74, 6) is 0.331. The van der Waals surface area contributed by atoms with E-state index in [0.29, 0.717) is 25.2 Å². The molecule has 4 fully saturated rings. The number of benzene rings is 2. The van der Waals surface area contributed by atoms with E-state index >= 15 is 0 Å². The molecule has 2 aromatic carbocycles. The Morgan fingerprint density at radius 2 is 1.54 bits per heavy atom. The van der Waals surface area contributed by atoms with E-state index in [1.54, 1.807) is 0 Å². The van der Waals surface area contributed by atoms with E-state index in [-0.39, 0.29) is 17.2 Å². The van der Waals surface area contributed by atoms with E-state index in [1.807, 2.05) is 40.1 Å². The minimum absolute atomic E-state index is 0.0782. The van der Waals surface area contributed by atoms with Crippen molar-refractivity contribution in [3.05, 3.63) is 60.2 Å². The molecule has 4 heterocycles. The lowest BCUT2D eigenvalue weighted by atomic mass is 9.71. The Balaban J connectivity index is 1.09. The van der Waals surface area contributed by atoms with Gasteiger partial charge in [0.2, 0.25) is 5.91 Å². The molecular weight excluding hydrogens is 460 g/mol. The smallest absolute Gasteiger partial charge is 0.253 e. The molecule has 1 spiro atoms. The highest BCUT2D eigenvalue weighted by atomic mass is 16.2. The normalized spacial score (nSPS) is 26.3. The second-order valence-corrected chi connectivity index (χ2v) is 11.6. The SMILES string of the molecule is C[C@H]1CCCN1[C@H]1CCN(c2ccc(N3CCCC4(CCN(C(=O)c5ccccc5)CC4)C3=O)cc2)C1. The van der Waals surface area contributed by atoms with E-state index in [1.165, 1.54) is 31.5 Å². The first-order valence-corrected chi connectivity index (χ1v) is 14.3. The Hall–Kier alpha value is -2.86. The maximum atomic E-state index is 13.8. The Bertz CT molecular complexity index is 1110. The summed E-state index contributed by atoms with van der Waals surface area (Å²) in [6.07, 6.45) is 7.35. The minimum atomic E-state index is -0.334. The molecule has 0 saturated carbocycles. The molecule has 0 unspecified atom stereocenters. The zero-order chi connectivity index (χ0) is 25.4. The van der Waals surface area contributed by atoms with E-state index in [9.17, 15) is 9.59 Å². The third-order valence-electron chi connectivity index (χ3n) is 9.53. The Labute approximate surface area is 221 Å². The summed E-state index contributed by atoms with van der Waals surface area (Å²) < 4.78 is 0. The minimum Gasteiger partial charge on any atom is -0.370 e. The summed E-state index contributed by atoms with van der Waals surface area (Å²) in [6.45, 7) is 7.92. The number of likely N-dealkylation sites (tertiary alicyclic amines) is 2. The predicted octanol–water partition coefficient (Wildman–Crippen LogP) is 4.80. The number of anilines is 2. The van der Waals surface area contributed by atoms with Gasteiger partial charge in [0.15, 0.2) is 0 Å². The van der Waals surface area contributed by atoms with Gasteiger partial charge in [0.05, 0.1) is 5.41 Å². The monoisotopic (exact) mass is 500 g/mol. The van der Waals surface area contributed by atoms with Crippen LogP contribution in [0.1, 0.15) is 62.2 Å². The number of carbonyl (C=O) groups is 2. The summed E-state index contributed by atoms with van der Waals surface area (Å²) in [5, 5.41) is 0. The summed E-state index contributed by atoms with van der Waals surface area (Å²) >= 11 is 0. The van der Waals surface area contributed by atoms with Gasteiger partial charge in [0, 0.05) is 61.7 Å². The van der Waals surface area contributed by atoms with Crippen molar-refractivity contribution in [2.24, 2.45) is 5.41 Å². The molecule has 0 aliphatic carbocycles. The van der Waals surface area contributed by atoms with Crippen LogP contribution >= 0.6 is 0 Å². The molecule has 6 heteroatoms. The van der Waals surface area contributed by atoms with Crippen molar-refractivity contribution in [2.45, 2.75) is 64.0 Å². The van der Waals surface area contributed by atoms with Gasteiger partial charge in [-0.05, 0) is 94.8 Å². The van der Waals surface area contributed by atoms with Crippen LogP contribution in [0.25, 0.3) is 0 Å². The summed E-state index contributed by atoms with van der Waals surface area (Å²) in [6, 6.07) is 19.6. The summed E-state index contributed by atoms with van der Waals surface area (Å²) in [4.78, 5) is 35.9. The van der Waals surface area contributed by atoms with Gasteiger partial charge in [-0.1, -0.05) is 18.2 Å². The second-order valence-electron chi connectivity index (χ2n) is 11.6. The van der Waals surface area contributed by atoms with Crippen LogP contribution in [-0.2, 0) is 4.79 Å². The van der Waals surface area contributed by atoms with Crippen molar-refractivity contribution in [1.82, 2.24) is 9.80 Å². The molecule has 2 amide bonds. The van der Waals surface area contributed by atoms with E-state index in [2.05, 4.69) is 41.0 Å². The number of hydrogen-bond acceptors (Lipinski definition) is 4. The lowest BCUT2D eigenvalue weighted by molar-refractivity contribution is -0.133. The maximum absolute atomic E-state index is 13.8. The summed E-state index contributed by atoms with van der Waals surface area (Å²) in [5.41, 5.74) is 2.68. The van der Waals surface area contributed by atoms with Crippen molar-refractivity contribution in [2.75, 3.05) is 49.1 Å². The molecule has 37 heavy (non-hydrogen) atoms. The van der Waals surface area contributed by atoms with Crippen LogP contribution in [0.2, 0.25) is 0 Å². The highest BCUT2D eigenvalue weighted by Crippen LogP contribution is 2.43. The molecule has 6 nitrogen and oxygen atoms in total. The van der Waals surface area contributed by atoms with Gasteiger partial charge in [-0.15, -0.1) is 0 Å². The summed E-state index contributed by atoms with van der Waals surface area (Å²) in [7, 11) is 0. The van der Waals surface area contributed by atoms with Crippen LogP contribution in [0, 0.1) is 5.41 Å². The molecule has 0 radical (unpaired) electrons. The molecule has 4 saturated heterocycles. The number of carbonyl (C=O) groups excluding carboxylic acids is 2. The fourth-order valence-corrected chi connectivity index (χ4v) is 7.27. The topological polar surface area (TPSA) is 47.1 Å². The molecule has 4 aliphatic heterocycles. The van der Waals surface area contributed by atoms with Gasteiger partial charge in [0.25, 0.3) is 5.91 Å². The van der Waals surface area contributed by atoms with E-state index in [4.69, 9.17) is 0 Å². The Morgan fingerprint density at radius 3 is 2.24 bits per heavy atom. The number of rotatable bonds is 4. The van der Waals surface area contributed by atoms with Crippen LogP contribution in [0.4, 0.5) is 11.4 Å². The second kappa shape index (κ2) is 10.1. The standard InChI is InChI=1S/C31H40N4O2/c1-24-7-5-18-34(24)28-14-20-33(23-28)26-10-12-27(13-11-26)35-19-6-15-31(30(35)37)16-21-32(22-17-31)29(36)25-8-3-2-4-9-25/h2-4,8-13,24,28H,5-7,14-23H2,1H3/t24-,28-/m0/s1. The molecule has 196 valence electrons. The van der Waals surface area contributed by atoms with Gasteiger partial charge in [0.1, 0.15) is 0 Å². The van der Waals surface area contributed by atoms with E-state index < -0.39 is 0 Å². The van der Waals surface area contributed by atoms with Crippen LogP contribution in [-0.4, -0.2) is 73.0 Å². The quantitative estimate of drug-likeness (QED) is 0.605. The molecule has 0 bridgehead atoms. The van der Waals surface area contributed by atoms with Crippen LogP contribution < -0.4 is 9.80 Å². The zero-order valence-electron chi connectivity index (χ0n) is 22.1. The molecule has 4 aliphatic rings. The molecular formula is C31H40N4O2. The van der Waals surface area contributed by atoms with Crippen molar-refractivity contribution in [3.63, 3.8) is 0 Å². The fraction of sp³-hybridized carbons (Fsp3) is 0.548. The maximum Gasteiger partial charge on any atom is 0.253 e. The zero-order valence-corrected chi connectivity index (χ0v) is 22.1. The lowest BCUT2D eigenvalue weighted by Gasteiger charge is -2.46. The van der Waals surface area contributed by atoms with Gasteiger partial charge in [-0.25, -0.2) is 0 Å². The fourth-order valence-electron chi connectivity index (χ4n) is 7.27. The third kappa shape index (κ3) is 4.65.